The summed E-state index contributed by atoms with van der Waals surface area (Å²) in [5, 5.41) is 20.6. The number of esters is 3. The molecule has 5 aromatic rings. The van der Waals surface area contributed by atoms with Gasteiger partial charge in [0.1, 0.15) is 23.0 Å². The van der Waals surface area contributed by atoms with Crippen LogP contribution in [0.15, 0.2) is 101 Å². The standard InChI is InChI=1S/C41H36ClN9O10S3/c1-21(52)59-28-15-14-25(16-29(28)60-22(2)53)35(55)45-31(27-20-63-40(43-27)44-30(54)17-42)36(56)46-32-37(57)51-33(26(18-62-38(32)51)19-64-41-47-48-49-50(41)3)39(58)61-34(23-10-6-4-7-11-23)24-12-8-5-9-13-24/h4-16,20,31-32,34,38H,17-19H2,1-3H3,(H,45,55)(H,46,56)(H,43,44,54)/t31?,32-,38+/m1/s1. The number of tetrazole rings is 1. The van der Waals surface area contributed by atoms with Gasteiger partial charge in [-0.25, -0.2) is 14.5 Å². The van der Waals surface area contributed by atoms with E-state index in [1.54, 1.807) is 7.05 Å². The number of nitrogens with zero attached hydrogens (tertiary/aromatic N) is 6. The third kappa shape index (κ3) is 10.4. The lowest BCUT2D eigenvalue weighted by atomic mass is 10.0. The van der Waals surface area contributed by atoms with Crippen molar-refractivity contribution in [3.05, 3.63) is 118 Å². The highest BCUT2D eigenvalue weighted by atomic mass is 35.5. The Morgan fingerprint density at radius 3 is 2.23 bits per heavy atom. The molecule has 0 radical (unpaired) electrons. The first-order valence-corrected chi connectivity index (χ1v) is 22.5. The van der Waals surface area contributed by atoms with Crippen LogP contribution < -0.4 is 25.4 Å². The monoisotopic (exact) mass is 945 g/mol. The number of amides is 4. The molecule has 19 nitrogen and oxygen atoms in total. The van der Waals surface area contributed by atoms with Gasteiger partial charge in [-0.05, 0) is 45.3 Å². The number of thiazole rings is 1. The number of carbonyl (C=O) groups excluding carboxylic acids is 7. The second-order valence-electron chi connectivity index (χ2n) is 13.8. The summed E-state index contributed by atoms with van der Waals surface area (Å²) < 4.78 is 18.0. The minimum absolute atomic E-state index is 0.00741. The van der Waals surface area contributed by atoms with Crippen LogP contribution in [0.4, 0.5) is 5.13 Å². The van der Waals surface area contributed by atoms with E-state index >= 15 is 0 Å². The summed E-state index contributed by atoms with van der Waals surface area (Å²) in [6.45, 7) is 2.26. The molecule has 0 bridgehead atoms. The molecule has 2 aliphatic heterocycles. The number of carbonyl (C=O) groups is 7. The van der Waals surface area contributed by atoms with Crippen LogP contribution in [0.3, 0.4) is 0 Å². The molecule has 3 N–H and O–H groups in total. The average molecular weight is 946 g/mol. The van der Waals surface area contributed by atoms with Gasteiger partial charge in [0, 0.05) is 43.3 Å². The average Bonchev–Trinajstić information content (AvgIpc) is 3.93. The van der Waals surface area contributed by atoms with Crippen LogP contribution in [0.25, 0.3) is 0 Å². The van der Waals surface area contributed by atoms with Crippen molar-refractivity contribution in [2.45, 2.75) is 42.6 Å². The minimum atomic E-state index is -1.56. The zero-order chi connectivity index (χ0) is 45.5. The lowest BCUT2D eigenvalue weighted by Gasteiger charge is -2.50. The Kier molecular flexibility index (Phi) is 14.4. The normalized spacial score (nSPS) is 16.0. The van der Waals surface area contributed by atoms with E-state index in [2.05, 4.69) is 36.5 Å². The number of ether oxygens (including phenoxy) is 3. The Balaban J connectivity index is 1.16. The van der Waals surface area contributed by atoms with Gasteiger partial charge in [0.15, 0.2) is 28.8 Å². The van der Waals surface area contributed by atoms with E-state index < -0.39 is 65.1 Å². The number of aromatic nitrogens is 5. The largest absolute Gasteiger partial charge is 0.448 e. The van der Waals surface area contributed by atoms with Gasteiger partial charge in [0.05, 0.1) is 5.69 Å². The van der Waals surface area contributed by atoms with Crippen LogP contribution in [0.5, 0.6) is 11.5 Å². The SMILES string of the molecule is CC(=O)Oc1ccc(C(=O)NC(C(=O)N[C@@H]2C(=O)N3C(C(=O)OC(c4ccccc4)c4ccccc4)=C(CSc4nnnn4C)CS[C@@H]23)c2csc(NC(=O)CCl)n2)cc1OC(C)=O. The molecule has 3 atom stereocenters. The molecule has 23 heteroatoms. The maximum Gasteiger partial charge on any atom is 0.356 e. The molecular formula is C41H36ClN9O10S3. The van der Waals surface area contributed by atoms with Crippen molar-refractivity contribution in [1.82, 2.24) is 40.7 Å². The van der Waals surface area contributed by atoms with E-state index in [4.69, 9.17) is 25.8 Å². The first-order valence-electron chi connectivity index (χ1n) is 19.1. The zero-order valence-electron chi connectivity index (χ0n) is 33.9. The van der Waals surface area contributed by atoms with E-state index in [0.29, 0.717) is 21.9 Å². The summed E-state index contributed by atoms with van der Waals surface area (Å²) in [4.78, 5) is 98.1. The molecule has 0 spiro atoms. The van der Waals surface area contributed by atoms with Crippen LogP contribution >= 0.6 is 46.5 Å². The highest BCUT2D eigenvalue weighted by molar-refractivity contribution is 8.01. The number of hydrogen-bond acceptors (Lipinski definition) is 17. The van der Waals surface area contributed by atoms with Gasteiger partial charge >= 0.3 is 17.9 Å². The van der Waals surface area contributed by atoms with Gasteiger partial charge in [-0.3, -0.25) is 33.7 Å². The van der Waals surface area contributed by atoms with Crippen molar-refractivity contribution >= 4 is 93.1 Å². The molecule has 1 saturated heterocycles. The molecule has 2 aliphatic rings. The first-order chi connectivity index (χ1) is 30.8. The van der Waals surface area contributed by atoms with Crippen LogP contribution in [0, 0.1) is 0 Å². The van der Waals surface area contributed by atoms with Crippen LogP contribution in [0.2, 0.25) is 0 Å². The third-order valence-electron chi connectivity index (χ3n) is 9.36. The lowest BCUT2D eigenvalue weighted by molar-refractivity contribution is -0.154. The second kappa shape index (κ2) is 20.3. The molecule has 0 saturated carbocycles. The van der Waals surface area contributed by atoms with E-state index in [0.717, 1.165) is 31.3 Å². The molecular weight excluding hydrogens is 910 g/mol. The van der Waals surface area contributed by atoms with E-state index in [1.165, 1.54) is 50.6 Å². The Morgan fingerprint density at radius 2 is 1.61 bits per heavy atom. The van der Waals surface area contributed by atoms with Crippen molar-refractivity contribution < 1.29 is 47.8 Å². The summed E-state index contributed by atoms with van der Waals surface area (Å²) in [7, 11) is 1.67. The fraction of sp³-hybridized carbons (Fsp3) is 0.244. The van der Waals surface area contributed by atoms with Crippen molar-refractivity contribution in [3.63, 3.8) is 0 Å². The number of rotatable bonds is 16. The fourth-order valence-electron chi connectivity index (χ4n) is 6.50. The van der Waals surface area contributed by atoms with Gasteiger partial charge in [-0.15, -0.1) is 39.8 Å². The Labute approximate surface area is 381 Å². The number of nitrogens with one attached hydrogen (secondary N) is 3. The topological polar surface area (TPSA) is 243 Å². The molecule has 4 heterocycles. The summed E-state index contributed by atoms with van der Waals surface area (Å²) in [5.74, 6) is -5.39. The quantitative estimate of drug-likeness (QED) is 0.0417. The lowest BCUT2D eigenvalue weighted by Crippen LogP contribution is -2.71. The molecule has 3 aromatic carbocycles. The third-order valence-corrected chi connectivity index (χ3v) is 12.8. The van der Waals surface area contributed by atoms with Gasteiger partial charge in [-0.2, -0.15) is 0 Å². The Hall–Kier alpha value is -6.62. The fourth-order valence-corrected chi connectivity index (χ4v) is 9.66. The van der Waals surface area contributed by atoms with Crippen LogP contribution in [-0.4, -0.2) is 100 Å². The number of anilines is 1. The van der Waals surface area contributed by atoms with E-state index in [-0.39, 0.29) is 51.0 Å². The maximum absolute atomic E-state index is 14.5. The number of hydrogen-bond donors (Lipinski definition) is 3. The van der Waals surface area contributed by atoms with Crippen molar-refractivity contribution in [3.8, 4) is 11.5 Å². The van der Waals surface area contributed by atoms with Crippen LogP contribution in [-0.2, 0) is 40.6 Å². The number of fused-ring (bicyclic) bond motifs is 1. The summed E-state index contributed by atoms with van der Waals surface area (Å²) in [5.41, 5.74) is 1.88. The predicted molar refractivity (Wildman–Crippen MR) is 233 cm³/mol. The van der Waals surface area contributed by atoms with Crippen molar-refractivity contribution in [2.75, 3.05) is 22.7 Å². The van der Waals surface area contributed by atoms with Crippen molar-refractivity contribution in [2.24, 2.45) is 7.05 Å². The number of benzene rings is 3. The number of alkyl halides is 1. The summed E-state index contributed by atoms with van der Waals surface area (Å²) >= 11 is 9.19. The molecule has 330 valence electrons. The van der Waals surface area contributed by atoms with E-state index in [9.17, 15) is 33.6 Å². The molecule has 1 fully saturated rings. The van der Waals surface area contributed by atoms with Crippen molar-refractivity contribution in [1.29, 1.82) is 0 Å². The zero-order valence-corrected chi connectivity index (χ0v) is 37.1. The highest BCUT2D eigenvalue weighted by Gasteiger charge is 2.55. The highest BCUT2D eigenvalue weighted by Crippen LogP contribution is 2.43. The number of β-lactam (4-membered cyclic amide) rings is 1. The number of halogens is 1. The molecule has 2 aromatic heterocycles. The summed E-state index contributed by atoms with van der Waals surface area (Å²) in [6.07, 6.45) is -0.830. The smallest absolute Gasteiger partial charge is 0.356 e. The van der Waals surface area contributed by atoms with Crippen LogP contribution in [0.1, 0.15) is 53.2 Å². The Bertz CT molecular complexity index is 2610. The maximum atomic E-state index is 14.5. The molecule has 0 aliphatic carbocycles. The number of thioether (sulfide) groups is 2. The molecule has 4 amide bonds. The second-order valence-corrected chi connectivity index (χ2v) is 17.0. The van der Waals surface area contributed by atoms with Gasteiger partial charge in [-0.1, -0.05) is 72.4 Å². The predicted octanol–water partition coefficient (Wildman–Crippen LogP) is 3.94. The van der Waals surface area contributed by atoms with E-state index in [1.807, 2.05) is 60.7 Å². The van der Waals surface area contributed by atoms with Gasteiger partial charge < -0.3 is 30.2 Å². The first kappa shape index (κ1) is 45.4. The molecule has 7 rings (SSSR count). The number of aryl methyl sites for hydroxylation is 1. The minimum Gasteiger partial charge on any atom is -0.448 e. The van der Waals surface area contributed by atoms with Gasteiger partial charge in [0.2, 0.25) is 17.0 Å². The summed E-state index contributed by atoms with van der Waals surface area (Å²) in [6, 6.07) is 19.3. The van der Waals surface area contributed by atoms with Gasteiger partial charge in [0.25, 0.3) is 11.8 Å². The Morgan fingerprint density at radius 1 is 0.938 bits per heavy atom. The molecule has 64 heavy (non-hydrogen) atoms. The molecule has 1 unspecified atom stereocenters.